The number of rotatable bonds is 6. The number of carbonyl (C=O) groups excluding carboxylic acids is 1. The van der Waals surface area contributed by atoms with Crippen molar-refractivity contribution >= 4 is 5.91 Å². The molecule has 25 heavy (non-hydrogen) atoms. The number of benzene rings is 1. The zero-order valence-corrected chi connectivity index (χ0v) is 14.2. The highest BCUT2D eigenvalue weighted by Gasteiger charge is 2.24. The maximum atomic E-state index is 13.0. The highest BCUT2D eigenvalue weighted by molar-refractivity contribution is 5.94. The summed E-state index contributed by atoms with van der Waals surface area (Å²) in [6, 6.07) is 10.4. The molecular weight excluding hydrogens is 320 g/mol. The first-order valence-electron chi connectivity index (χ1n) is 8.35. The second-order valence-electron chi connectivity index (χ2n) is 6.04. The Morgan fingerprint density at radius 1 is 1.36 bits per heavy atom. The van der Waals surface area contributed by atoms with Gasteiger partial charge in [-0.1, -0.05) is 18.2 Å². The van der Waals surface area contributed by atoms with Gasteiger partial charge in [-0.3, -0.25) is 4.79 Å². The molecule has 0 saturated carbocycles. The first-order valence-corrected chi connectivity index (χ1v) is 8.35. The van der Waals surface area contributed by atoms with Crippen molar-refractivity contribution in [3.63, 3.8) is 0 Å². The standard InChI is InChI=1S/C19H22N2O4/c1-24-18-9-8-14(11-20-18)19(23)21(13-16-6-4-10-25-16)12-15-5-2-3-7-17(15)22/h2-3,5,7-9,11,16,22H,4,6,10,12-13H2,1H3. The van der Waals surface area contributed by atoms with E-state index < -0.39 is 0 Å². The van der Waals surface area contributed by atoms with Crippen LogP contribution in [-0.2, 0) is 11.3 Å². The van der Waals surface area contributed by atoms with Crippen LogP contribution in [0.2, 0.25) is 0 Å². The molecule has 6 heteroatoms. The van der Waals surface area contributed by atoms with Crippen LogP contribution in [0.1, 0.15) is 28.8 Å². The summed E-state index contributed by atoms with van der Waals surface area (Å²) < 4.78 is 10.7. The molecule has 3 rings (SSSR count). The molecule has 1 aliphatic rings. The van der Waals surface area contributed by atoms with Gasteiger partial charge in [-0.2, -0.15) is 0 Å². The summed E-state index contributed by atoms with van der Waals surface area (Å²) in [6.07, 6.45) is 3.48. The molecule has 1 aromatic carbocycles. The minimum absolute atomic E-state index is 0.0287. The smallest absolute Gasteiger partial charge is 0.255 e. The molecule has 0 bridgehead atoms. The van der Waals surface area contributed by atoms with E-state index in [-0.39, 0.29) is 17.8 Å². The van der Waals surface area contributed by atoms with Gasteiger partial charge >= 0.3 is 0 Å². The Kier molecular flexibility index (Phi) is 5.50. The van der Waals surface area contributed by atoms with Crippen molar-refractivity contribution in [2.45, 2.75) is 25.5 Å². The molecule has 1 amide bonds. The fourth-order valence-electron chi connectivity index (χ4n) is 2.91. The van der Waals surface area contributed by atoms with E-state index in [1.807, 2.05) is 12.1 Å². The van der Waals surface area contributed by atoms with E-state index in [1.165, 1.54) is 13.3 Å². The summed E-state index contributed by atoms with van der Waals surface area (Å²) in [5, 5.41) is 10.0. The van der Waals surface area contributed by atoms with Crippen molar-refractivity contribution in [3.8, 4) is 11.6 Å². The van der Waals surface area contributed by atoms with E-state index >= 15 is 0 Å². The number of aromatic hydroxyl groups is 1. The van der Waals surface area contributed by atoms with Gasteiger partial charge < -0.3 is 19.5 Å². The molecule has 1 fully saturated rings. The Bertz CT molecular complexity index is 712. The van der Waals surface area contributed by atoms with Gasteiger partial charge in [0, 0.05) is 37.5 Å². The van der Waals surface area contributed by atoms with Crippen molar-refractivity contribution in [3.05, 3.63) is 53.7 Å². The quantitative estimate of drug-likeness (QED) is 0.874. The van der Waals surface area contributed by atoms with Crippen LogP contribution in [0, 0.1) is 0 Å². The lowest BCUT2D eigenvalue weighted by atomic mass is 10.1. The maximum Gasteiger partial charge on any atom is 0.255 e. The van der Waals surface area contributed by atoms with Gasteiger partial charge in [0.05, 0.1) is 18.8 Å². The Labute approximate surface area is 147 Å². The molecular formula is C19H22N2O4. The van der Waals surface area contributed by atoms with Crippen LogP contribution in [0.3, 0.4) is 0 Å². The van der Waals surface area contributed by atoms with E-state index in [2.05, 4.69) is 4.98 Å². The number of amides is 1. The Morgan fingerprint density at radius 3 is 2.84 bits per heavy atom. The van der Waals surface area contributed by atoms with E-state index in [9.17, 15) is 9.90 Å². The van der Waals surface area contributed by atoms with E-state index in [4.69, 9.17) is 9.47 Å². The van der Waals surface area contributed by atoms with Crippen LogP contribution in [0.4, 0.5) is 0 Å². The number of ether oxygens (including phenoxy) is 2. The second kappa shape index (κ2) is 7.98. The topological polar surface area (TPSA) is 71.9 Å². The predicted octanol–water partition coefficient (Wildman–Crippen LogP) is 2.62. The molecule has 6 nitrogen and oxygen atoms in total. The zero-order chi connectivity index (χ0) is 17.6. The molecule has 1 saturated heterocycles. The van der Waals surface area contributed by atoms with Gasteiger partial charge in [-0.25, -0.2) is 4.98 Å². The third-order valence-corrected chi connectivity index (χ3v) is 4.28. The first-order chi connectivity index (χ1) is 12.2. The fourth-order valence-corrected chi connectivity index (χ4v) is 2.91. The molecule has 1 aromatic heterocycles. The lowest BCUT2D eigenvalue weighted by Gasteiger charge is -2.26. The molecule has 0 spiro atoms. The van der Waals surface area contributed by atoms with Gasteiger partial charge in [0.25, 0.3) is 5.91 Å². The van der Waals surface area contributed by atoms with Crippen LogP contribution in [0.15, 0.2) is 42.6 Å². The lowest BCUT2D eigenvalue weighted by Crippen LogP contribution is -2.37. The van der Waals surface area contributed by atoms with Crippen molar-refractivity contribution in [2.75, 3.05) is 20.3 Å². The molecule has 0 radical (unpaired) electrons. The number of phenolic OH excluding ortho intramolecular Hbond substituents is 1. The van der Waals surface area contributed by atoms with Crippen molar-refractivity contribution in [1.29, 1.82) is 0 Å². The maximum absolute atomic E-state index is 13.0. The molecule has 1 unspecified atom stereocenters. The minimum atomic E-state index is -0.145. The second-order valence-corrected chi connectivity index (χ2v) is 6.04. The largest absolute Gasteiger partial charge is 0.508 e. The fraction of sp³-hybridized carbons (Fsp3) is 0.368. The van der Waals surface area contributed by atoms with E-state index in [0.717, 1.165) is 19.4 Å². The van der Waals surface area contributed by atoms with Crippen LogP contribution in [0.5, 0.6) is 11.6 Å². The van der Waals surface area contributed by atoms with Gasteiger partial charge in [0.15, 0.2) is 0 Å². The molecule has 2 aromatic rings. The number of para-hydroxylation sites is 1. The van der Waals surface area contributed by atoms with E-state index in [0.29, 0.717) is 30.1 Å². The summed E-state index contributed by atoms with van der Waals surface area (Å²) in [5.41, 5.74) is 1.18. The van der Waals surface area contributed by atoms with Gasteiger partial charge in [-0.05, 0) is 25.0 Å². The normalized spacial score (nSPS) is 16.6. The van der Waals surface area contributed by atoms with Gasteiger partial charge in [0.2, 0.25) is 5.88 Å². The summed E-state index contributed by atoms with van der Waals surface area (Å²) in [4.78, 5) is 18.8. The van der Waals surface area contributed by atoms with Crippen molar-refractivity contribution in [2.24, 2.45) is 0 Å². The Balaban J connectivity index is 1.81. The number of pyridine rings is 1. The summed E-state index contributed by atoms with van der Waals surface area (Å²) in [5.74, 6) is 0.498. The molecule has 2 heterocycles. The number of hydrogen-bond donors (Lipinski definition) is 1. The molecule has 132 valence electrons. The van der Waals surface area contributed by atoms with E-state index in [1.54, 1.807) is 29.2 Å². The number of phenols is 1. The highest BCUT2D eigenvalue weighted by Crippen LogP contribution is 2.22. The van der Waals surface area contributed by atoms with Crippen molar-refractivity contribution in [1.82, 2.24) is 9.88 Å². The van der Waals surface area contributed by atoms with Crippen molar-refractivity contribution < 1.29 is 19.4 Å². The van der Waals surface area contributed by atoms with Gasteiger partial charge in [-0.15, -0.1) is 0 Å². The number of aromatic nitrogens is 1. The van der Waals surface area contributed by atoms with Crippen LogP contribution >= 0.6 is 0 Å². The third kappa shape index (κ3) is 4.28. The first kappa shape index (κ1) is 17.2. The summed E-state index contributed by atoms with van der Waals surface area (Å²) in [7, 11) is 1.53. The average Bonchev–Trinajstić information content (AvgIpc) is 3.15. The Morgan fingerprint density at radius 2 is 2.20 bits per heavy atom. The molecule has 0 aliphatic carbocycles. The van der Waals surface area contributed by atoms with Crippen LogP contribution < -0.4 is 4.74 Å². The zero-order valence-electron chi connectivity index (χ0n) is 14.2. The number of carbonyl (C=O) groups is 1. The third-order valence-electron chi connectivity index (χ3n) is 4.28. The summed E-state index contributed by atoms with van der Waals surface area (Å²) >= 11 is 0. The lowest BCUT2D eigenvalue weighted by molar-refractivity contribution is 0.0505. The van der Waals surface area contributed by atoms with Crippen LogP contribution in [-0.4, -0.2) is 47.3 Å². The highest BCUT2D eigenvalue weighted by atomic mass is 16.5. The Hall–Kier alpha value is -2.60. The van der Waals surface area contributed by atoms with Crippen LogP contribution in [0.25, 0.3) is 0 Å². The molecule has 1 N–H and O–H groups in total. The number of hydrogen-bond acceptors (Lipinski definition) is 5. The monoisotopic (exact) mass is 342 g/mol. The predicted molar refractivity (Wildman–Crippen MR) is 92.6 cm³/mol. The average molecular weight is 342 g/mol. The number of methoxy groups -OCH3 is 1. The number of nitrogens with zero attached hydrogens (tertiary/aromatic N) is 2. The molecule has 1 aliphatic heterocycles. The minimum Gasteiger partial charge on any atom is -0.508 e. The SMILES string of the molecule is COc1ccc(C(=O)N(Cc2ccccc2O)CC2CCCO2)cn1. The van der Waals surface area contributed by atoms with Gasteiger partial charge in [0.1, 0.15) is 5.75 Å². The molecule has 1 atom stereocenters. The summed E-state index contributed by atoms with van der Waals surface area (Å²) in [6.45, 7) is 1.53.